The molecule has 1 aliphatic rings. The fraction of sp³-hybridized carbons (Fsp3) is 0.360. The van der Waals surface area contributed by atoms with Gasteiger partial charge in [-0.2, -0.15) is 17.5 Å². The summed E-state index contributed by atoms with van der Waals surface area (Å²) in [5, 5.41) is -0.106. The number of sulfonamides is 1. The van der Waals surface area contributed by atoms with Crippen LogP contribution in [0.4, 0.5) is 13.2 Å². The van der Waals surface area contributed by atoms with E-state index in [-0.39, 0.29) is 53.8 Å². The summed E-state index contributed by atoms with van der Waals surface area (Å²) in [4.78, 5) is 26.0. The third-order valence-corrected chi connectivity index (χ3v) is 8.17. The second kappa shape index (κ2) is 10.1. The van der Waals surface area contributed by atoms with Gasteiger partial charge in [-0.15, -0.1) is 0 Å². The van der Waals surface area contributed by atoms with Crippen LogP contribution in [0.25, 0.3) is 10.9 Å². The largest absolute Gasteiger partial charge is 0.466 e. The van der Waals surface area contributed by atoms with Crippen molar-refractivity contribution in [1.82, 2.24) is 9.29 Å². The van der Waals surface area contributed by atoms with Crippen molar-refractivity contribution in [2.45, 2.75) is 37.3 Å². The Morgan fingerprint density at radius 1 is 1.06 bits per heavy atom. The number of H-pyrrole nitrogens is 1. The molecule has 1 aliphatic heterocycles. The number of esters is 1. The maximum Gasteiger partial charge on any atom is 0.417 e. The van der Waals surface area contributed by atoms with Crippen LogP contribution in [0.15, 0.2) is 58.2 Å². The van der Waals surface area contributed by atoms with Gasteiger partial charge in [0, 0.05) is 30.1 Å². The Labute approximate surface area is 205 Å². The molecule has 2 aromatic carbocycles. The molecule has 0 aliphatic carbocycles. The second-order valence-corrected chi connectivity index (χ2v) is 10.6. The summed E-state index contributed by atoms with van der Waals surface area (Å²) in [5.74, 6) is -0.613. The number of rotatable bonds is 6. The monoisotopic (exact) mass is 522 g/mol. The van der Waals surface area contributed by atoms with Gasteiger partial charge in [-0.3, -0.25) is 9.59 Å². The predicted molar refractivity (Wildman–Crippen MR) is 127 cm³/mol. The van der Waals surface area contributed by atoms with E-state index < -0.39 is 27.3 Å². The van der Waals surface area contributed by atoms with E-state index in [9.17, 15) is 31.2 Å². The molecule has 1 saturated heterocycles. The zero-order valence-corrected chi connectivity index (χ0v) is 20.3. The second-order valence-electron chi connectivity index (χ2n) is 8.68. The maximum absolute atomic E-state index is 13.4. The lowest BCUT2D eigenvalue weighted by Gasteiger charge is -2.30. The standard InChI is InChI=1S/C25H25F3N2O5S/c1-2-35-24(32)18-9-11-30(12-10-18)36(33,34)19-6-3-16(4-7-19)13-17-5-8-22-20(14-17)21(25(26,27)28)15-23(31)29-22/h3-8,14-15,18H,2,9-13H2,1H3,(H,29,31). The van der Waals surface area contributed by atoms with Gasteiger partial charge >= 0.3 is 12.1 Å². The van der Waals surface area contributed by atoms with E-state index in [1.165, 1.54) is 28.6 Å². The van der Waals surface area contributed by atoms with Gasteiger partial charge in [0.2, 0.25) is 15.6 Å². The van der Waals surface area contributed by atoms with Crippen LogP contribution in [-0.2, 0) is 32.2 Å². The molecule has 3 aromatic rings. The highest BCUT2D eigenvalue weighted by atomic mass is 32.2. The molecule has 4 rings (SSSR count). The lowest BCUT2D eigenvalue weighted by atomic mass is 9.98. The minimum absolute atomic E-state index is 0.0896. The molecule has 1 fully saturated rings. The number of ether oxygens (including phenoxy) is 1. The smallest absolute Gasteiger partial charge is 0.417 e. The van der Waals surface area contributed by atoms with Crippen molar-refractivity contribution < 1.29 is 31.1 Å². The molecule has 1 N–H and O–H groups in total. The summed E-state index contributed by atoms with van der Waals surface area (Å²) in [7, 11) is -3.75. The highest BCUT2D eigenvalue weighted by Crippen LogP contribution is 2.34. The minimum Gasteiger partial charge on any atom is -0.466 e. The van der Waals surface area contributed by atoms with Crippen LogP contribution < -0.4 is 5.56 Å². The van der Waals surface area contributed by atoms with Gasteiger partial charge in [-0.1, -0.05) is 18.2 Å². The van der Waals surface area contributed by atoms with Crippen LogP contribution in [0, 0.1) is 5.92 Å². The summed E-state index contributed by atoms with van der Waals surface area (Å²) >= 11 is 0. The van der Waals surface area contributed by atoms with E-state index in [0.29, 0.717) is 30.0 Å². The van der Waals surface area contributed by atoms with Gasteiger partial charge in [0.25, 0.3) is 0 Å². The highest BCUT2D eigenvalue weighted by Gasteiger charge is 2.34. The van der Waals surface area contributed by atoms with E-state index in [1.807, 2.05) is 0 Å². The lowest BCUT2D eigenvalue weighted by molar-refractivity contribution is -0.149. The van der Waals surface area contributed by atoms with Gasteiger partial charge in [0.1, 0.15) is 0 Å². The van der Waals surface area contributed by atoms with Crippen molar-refractivity contribution in [2.24, 2.45) is 5.92 Å². The Morgan fingerprint density at radius 2 is 1.69 bits per heavy atom. The first-order valence-corrected chi connectivity index (χ1v) is 12.9. The third kappa shape index (κ3) is 5.46. The molecular weight excluding hydrogens is 497 g/mol. The van der Waals surface area contributed by atoms with Crippen molar-refractivity contribution in [3.63, 3.8) is 0 Å². The average Bonchev–Trinajstić information content (AvgIpc) is 2.84. The van der Waals surface area contributed by atoms with E-state index >= 15 is 0 Å². The Kier molecular flexibility index (Phi) is 7.24. The maximum atomic E-state index is 13.4. The zero-order valence-electron chi connectivity index (χ0n) is 19.5. The molecule has 1 aromatic heterocycles. The fourth-order valence-electron chi connectivity index (χ4n) is 4.40. The number of carbonyl (C=O) groups is 1. The van der Waals surface area contributed by atoms with Gasteiger partial charge in [-0.25, -0.2) is 8.42 Å². The van der Waals surface area contributed by atoms with Crippen LogP contribution in [-0.4, -0.2) is 43.4 Å². The van der Waals surface area contributed by atoms with Crippen LogP contribution >= 0.6 is 0 Å². The number of benzene rings is 2. The molecule has 36 heavy (non-hydrogen) atoms. The van der Waals surface area contributed by atoms with Gasteiger partial charge in [0.05, 0.1) is 23.0 Å². The van der Waals surface area contributed by atoms with E-state index in [1.54, 1.807) is 25.1 Å². The molecule has 0 spiro atoms. The molecule has 11 heteroatoms. The number of aromatic nitrogens is 1. The average molecular weight is 523 g/mol. The van der Waals surface area contributed by atoms with Crippen LogP contribution in [0.3, 0.4) is 0 Å². The predicted octanol–water partition coefficient (Wildman–Crippen LogP) is 4.10. The number of pyridine rings is 1. The van der Waals surface area contributed by atoms with Gasteiger partial charge < -0.3 is 9.72 Å². The zero-order chi connectivity index (χ0) is 26.1. The molecule has 7 nitrogen and oxygen atoms in total. The minimum atomic E-state index is -4.67. The summed E-state index contributed by atoms with van der Waals surface area (Å²) in [6.07, 6.45) is -3.61. The third-order valence-electron chi connectivity index (χ3n) is 6.26. The number of alkyl halides is 3. The van der Waals surface area contributed by atoms with E-state index in [0.717, 1.165) is 0 Å². The number of hydrogen-bond donors (Lipinski definition) is 1. The molecular formula is C25H25F3N2O5S. The highest BCUT2D eigenvalue weighted by molar-refractivity contribution is 7.89. The summed E-state index contributed by atoms with van der Waals surface area (Å²) in [6, 6.07) is 11.2. The molecule has 0 unspecified atom stereocenters. The number of aromatic amines is 1. The molecule has 0 atom stereocenters. The molecule has 192 valence electrons. The molecule has 0 bridgehead atoms. The van der Waals surface area contributed by atoms with Crippen molar-refractivity contribution in [3.8, 4) is 0 Å². The van der Waals surface area contributed by atoms with Crippen molar-refractivity contribution >= 4 is 26.9 Å². The quantitative estimate of drug-likeness (QED) is 0.492. The molecule has 2 heterocycles. The number of nitrogens with one attached hydrogen (secondary N) is 1. The Hall–Kier alpha value is -3.18. The van der Waals surface area contributed by atoms with E-state index in [2.05, 4.69) is 4.98 Å². The number of nitrogens with zero attached hydrogens (tertiary/aromatic N) is 1. The summed E-state index contributed by atoms with van der Waals surface area (Å²) in [5.41, 5.74) is -0.448. The fourth-order valence-corrected chi connectivity index (χ4v) is 5.87. The van der Waals surface area contributed by atoms with Gasteiger partial charge in [0.15, 0.2) is 0 Å². The topological polar surface area (TPSA) is 96.5 Å². The number of carbonyl (C=O) groups excluding carboxylic acids is 1. The normalized spacial score (nSPS) is 15.8. The van der Waals surface area contributed by atoms with E-state index in [4.69, 9.17) is 4.74 Å². The Bertz CT molecular complexity index is 1420. The van der Waals surface area contributed by atoms with Crippen LogP contribution in [0.5, 0.6) is 0 Å². The Morgan fingerprint density at radius 3 is 2.31 bits per heavy atom. The van der Waals surface area contributed by atoms with Crippen molar-refractivity contribution in [2.75, 3.05) is 19.7 Å². The SMILES string of the molecule is CCOC(=O)C1CCN(S(=O)(=O)c2ccc(Cc3ccc4[nH]c(=O)cc(C(F)(F)F)c4c3)cc2)CC1. The van der Waals surface area contributed by atoms with Crippen LogP contribution in [0.1, 0.15) is 36.5 Å². The lowest BCUT2D eigenvalue weighted by Crippen LogP contribution is -2.40. The number of hydrogen-bond acceptors (Lipinski definition) is 5. The number of piperidine rings is 1. The first-order valence-electron chi connectivity index (χ1n) is 11.5. The number of halogens is 3. The molecule has 0 amide bonds. The first kappa shape index (κ1) is 25.9. The molecule has 0 radical (unpaired) electrons. The van der Waals surface area contributed by atoms with Crippen LogP contribution in [0.2, 0.25) is 0 Å². The van der Waals surface area contributed by atoms with Crippen molar-refractivity contribution in [1.29, 1.82) is 0 Å². The van der Waals surface area contributed by atoms with Crippen molar-refractivity contribution in [3.05, 3.63) is 75.6 Å². The summed E-state index contributed by atoms with van der Waals surface area (Å²) in [6.45, 7) is 2.44. The number of fused-ring (bicyclic) bond motifs is 1. The summed E-state index contributed by atoms with van der Waals surface area (Å²) < 4.78 is 72.7. The Balaban J connectivity index is 1.50. The van der Waals surface area contributed by atoms with Gasteiger partial charge in [-0.05, 0) is 61.6 Å². The first-order chi connectivity index (χ1) is 17.0. The molecule has 0 saturated carbocycles.